The highest BCUT2D eigenvalue weighted by molar-refractivity contribution is 6.11. The van der Waals surface area contributed by atoms with Crippen molar-refractivity contribution in [3.05, 3.63) is 101 Å². The molecule has 0 radical (unpaired) electrons. The van der Waals surface area contributed by atoms with Crippen LogP contribution in [0.5, 0.6) is 5.75 Å². The van der Waals surface area contributed by atoms with E-state index in [4.69, 9.17) is 14.7 Å². The summed E-state index contributed by atoms with van der Waals surface area (Å²) in [7, 11) is 1.69. The fourth-order valence-electron chi connectivity index (χ4n) is 5.10. The highest BCUT2D eigenvalue weighted by atomic mass is 16.5. The minimum Gasteiger partial charge on any atom is -0.497 e. The van der Waals surface area contributed by atoms with Crippen LogP contribution in [0.15, 0.2) is 88.8 Å². The van der Waals surface area contributed by atoms with Gasteiger partial charge in [-0.25, -0.2) is 4.99 Å². The van der Waals surface area contributed by atoms with Crippen LogP contribution in [0.3, 0.4) is 0 Å². The number of ether oxygens (including phenoxy) is 1. The maximum absolute atomic E-state index is 5.34. The first-order valence-electron chi connectivity index (χ1n) is 11.5. The third-order valence-corrected chi connectivity index (χ3v) is 6.73. The van der Waals surface area contributed by atoms with Crippen LogP contribution in [-0.4, -0.2) is 30.3 Å². The number of fused-ring (bicyclic) bond motifs is 4. The van der Waals surface area contributed by atoms with E-state index in [1.54, 1.807) is 7.11 Å². The molecule has 0 amide bonds. The molecule has 0 spiro atoms. The molecule has 1 aromatic heterocycles. The fraction of sp³-hybridized carbons (Fsp3) is 0.214. The number of hydrogen-bond donors (Lipinski definition) is 2. The van der Waals surface area contributed by atoms with Gasteiger partial charge >= 0.3 is 0 Å². The molecule has 2 N–H and O–H groups in total. The molecule has 4 aromatic rings. The van der Waals surface area contributed by atoms with Crippen LogP contribution in [0.2, 0.25) is 0 Å². The Kier molecular flexibility index (Phi) is 4.95. The van der Waals surface area contributed by atoms with Crippen molar-refractivity contribution in [2.24, 2.45) is 15.9 Å². The standard InChI is InChI=1S/C28H26N4O/c1-33-22-11-12-26-19(14-22)13-21(31-26)17-30-28-29-16-20-15-25(18-7-3-2-4-8-18)23-9-5-6-10-24(23)27(20)32-28/h2-14,20,25,31H,15-17H2,1H3,(H,29,30). The predicted molar refractivity (Wildman–Crippen MR) is 133 cm³/mol. The first-order chi connectivity index (χ1) is 16.3. The van der Waals surface area contributed by atoms with Crippen LogP contribution in [0.1, 0.15) is 34.7 Å². The SMILES string of the molecule is COc1ccc2[nH]c(CNC3=NCC4CC(c5ccccc5)c5ccccc5C4=N3)cc2c1. The van der Waals surface area contributed by atoms with Crippen LogP contribution < -0.4 is 10.1 Å². The second-order valence-electron chi connectivity index (χ2n) is 8.75. The Hall–Kier alpha value is -3.86. The topological polar surface area (TPSA) is 61.8 Å². The molecule has 0 saturated heterocycles. The molecule has 2 heterocycles. The minimum absolute atomic E-state index is 0.344. The Labute approximate surface area is 193 Å². The Morgan fingerprint density at radius 2 is 1.85 bits per heavy atom. The summed E-state index contributed by atoms with van der Waals surface area (Å²) >= 11 is 0. The minimum atomic E-state index is 0.344. The molecule has 2 atom stereocenters. The van der Waals surface area contributed by atoms with Gasteiger partial charge in [-0.05, 0) is 41.8 Å². The van der Waals surface area contributed by atoms with Gasteiger partial charge in [-0.2, -0.15) is 0 Å². The number of guanidine groups is 1. The third kappa shape index (κ3) is 3.69. The molecule has 5 heteroatoms. The highest BCUT2D eigenvalue weighted by Crippen LogP contribution is 2.40. The van der Waals surface area contributed by atoms with E-state index in [1.807, 2.05) is 18.2 Å². The number of methoxy groups -OCH3 is 1. The van der Waals surface area contributed by atoms with Crippen LogP contribution in [0, 0.1) is 5.92 Å². The van der Waals surface area contributed by atoms with Crippen molar-refractivity contribution in [1.82, 2.24) is 10.3 Å². The second kappa shape index (κ2) is 8.24. The molecular weight excluding hydrogens is 408 g/mol. The number of hydrogen-bond acceptors (Lipinski definition) is 4. The zero-order chi connectivity index (χ0) is 22.2. The summed E-state index contributed by atoms with van der Waals surface area (Å²) in [4.78, 5) is 13.2. The van der Waals surface area contributed by atoms with E-state index in [1.165, 1.54) is 16.7 Å². The molecule has 0 bridgehead atoms. The largest absolute Gasteiger partial charge is 0.497 e. The van der Waals surface area contributed by atoms with E-state index in [2.05, 4.69) is 71.0 Å². The highest BCUT2D eigenvalue weighted by Gasteiger charge is 2.34. The Balaban J connectivity index is 1.25. The van der Waals surface area contributed by atoms with E-state index < -0.39 is 0 Å². The Morgan fingerprint density at radius 3 is 2.73 bits per heavy atom. The van der Waals surface area contributed by atoms with Crippen molar-refractivity contribution < 1.29 is 4.74 Å². The lowest BCUT2D eigenvalue weighted by atomic mass is 9.72. The molecule has 2 unspecified atom stereocenters. The van der Waals surface area contributed by atoms with Gasteiger partial charge in [0.1, 0.15) is 5.75 Å². The van der Waals surface area contributed by atoms with Gasteiger partial charge < -0.3 is 15.0 Å². The summed E-state index contributed by atoms with van der Waals surface area (Å²) in [6.07, 6.45) is 1.04. The number of nitrogens with zero attached hydrogens (tertiary/aromatic N) is 2. The van der Waals surface area contributed by atoms with E-state index in [-0.39, 0.29) is 0 Å². The molecule has 164 valence electrons. The first-order valence-corrected chi connectivity index (χ1v) is 11.5. The van der Waals surface area contributed by atoms with E-state index >= 15 is 0 Å². The summed E-state index contributed by atoms with van der Waals surface area (Å²) < 4.78 is 5.34. The maximum atomic E-state index is 5.34. The molecule has 0 fully saturated rings. The fourth-order valence-corrected chi connectivity index (χ4v) is 5.10. The van der Waals surface area contributed by atoms with Crippen molar-refractivity contribution in [2.45, 2.75) is 18.9 Å². The summed E-state index contributed by atoms with van der Waals surface area (Å²) in [6.45, 7) is 1.41. The number of aromatic amines is 1. The molecule has 33 heavy (non-hydrogen) atoms. The number of rotatable bonds is 4. The second-order valence-corrected chi connectivity index (χ2v) is 8.75. The molecule has 6 rings (SSSR count). The normalized spacial score (nSPS) is 19.3. The average molecular weight is 435 g/mol. The monoisotopic (exact) mass is 434 g/mol. The molecule has 1 aliphatic carbocycles. The summed E-state index contributed by atoms with van der Waals surface area (Å²) in [5.74, 6) is 2.31. The molecule has 0 saturated carbocycles. The van der Waals surface area contributed by atoms with E-state index in [9.17, 15) is 0 Å². The Bertz CT molecular complexity index is 1370. The quantitative estimate of drug-likeness (QED) is 0.459. The van der Waals surface area contributed by atoms with E-state index in [0.717, 1.165) is 41.0 Å². The average Bonchev–Trinajstić information content (AvgIpc) is 3.29. The van der Waals surface area contributed by atoms with Crippen molar-refractivity contribution in [2.75, 3.05) is 13.7 Å². The lowest BCUT2D eigenvalue weighted by Crippen LogP contribution is -2.35. The number of benzene rings is 3. The number of aliphatic imine (C=N–C) groups is 2. The van der Waals surface area contributed by atoms with Gasteiger partial charge in [0, 0.05) is 34.0 Å². The van der Waals surface area contributed by atoms with Gasteiger partial charge in [-0.3, -0.25) is 4.99 Å². The number of H-pyrrole nitrogens is 1. The molecular formula is C28H26N4O. The zero-order valence-electron chi connectivity index (χ0n) is 18.6. The van der Waals surface area contributed by atoms with Crippen molar-refractivity contribution in [1.29, 1.82) is 0 Å². The number of nitrogens with one attached hydrogen (secondary N) is 2. The van der Waals surface area contributed by atoms with Gasteiger partial charge in [0.15, 0.2) is 0 Å². The van der Waals surface area contributed by atoms with Gasteiger partial charge in [0.25, 0.3) is 0 Å². The molecule has 5 nitrogen and oxygen atoms in total. The lowest BCUT2D eigenvalue weighted by Gasteiger charge is -2.34. The number of aromatic nitrogens is 1. The summed E-state index contributed by atoms with van der Waals surface area (Å²) in [5.41, 5.74) is 7.34. The van der Waals surface area contributed by atoms with E-state index in [0.29, 0.717) is 24.3 Å². The van der Waals surface area contributed by atoms with Crippen molar-refractivity contribution in [3.8, 4) is 5.75 Å². The van der Waals surface area contributed by atoms with Crippen LogP contribution in [0.25, 0.3) is 10.9 Å². The van der Waals surface area contributed by atoms with Gasteiger partial charge in [-0.1, -0.05) is 54.6 Å². The Morgan fingerprint density at radius 1 is 1.00 bits per heavy atom. The summed E-state index contributed by atoms with van der Waals surface area (Å²) in [6, 6.07) is 27.7. The maximum Gasteiger partial charge on any atom is 0.218 e. The third-order valence-electron chi connectivity index (χ3n) is 6.73. The van der Waals surface area contributed by atoms with Gasteiger partial charge in [-0.15, -0.1) is 0 Å². The zero-order valence-corrected chi connectivity index (χ0v) is 18.6. The lowest BCUT2D eigenvalue weighted by molar-refractivity contribution is 0.415. The summed E-state index contributed by atoms with van der Waals surface area (Å²) in [5, 5.41) is 4.57. The van der Waals surface area contributed by atoms with Crippen LogP contribution in [-0.2, 0) is 6.54 Å². The molecule has 1 aliphatic heterocycles. The predicted octanol–water partition coefficient (Wildman–Crippen LogP) is 5.28. The smallest absolute Gasteiger partial charge is 0.218 e. The van der Waals surface area contributed by atoms with Crippen molar-refractivity contribution in [3.63, 3.8) is 0 Å². The van der Waals surface area contributed by atoms with Crippen molar-refractivity contribution >= 4 is 22.6 Å². The van der Waals surface area contributed by atoms with Crippen LogP contribution in [0.4, 0.5) is 0 Å². The van der Waals surface area contributed by atoms with Gasteiger partial charge in [0.2, 0.25) is 5.96 Å². The molecule has 3 aromatic carbocycles. The van der Waals surface area contributed by atoms with Gasteiger partial charge in [0.05, 0.1) is 25.9 Å². The molecule has 2 aliphatic rings. The first kappa shape index (κ1) is 19.8. The van der Waals surface area contributed by atoms with Crippen LogP contribution >= 0.6 is 0 Å².